The van der Waals surface area contributed by atoms with E-state index in [4.69, 9.17) is 9.47 Å². The minimum Gasteiger partial charge on any atom is -0.427 e. The van der Waals surface area contributed by atoms with Gasteiger partial charge >= 0.3 is 11.9 Å². The highest BCUT2D eigenvalue weighted by Crippen LogP contribution is 2.26. The van der Waals surface area contributed by atoms with Crippen molar-refractivity contribution in [2.45, 2.75) is 47.0 Å². The Morgan fingerprint density at radius 2 is 1.52 bits per heavy atom. The number of ether oxygens (including phenoxy) is 2. The fraction of sp³-hybridized carbons (Fsp3) is 0.529. The quantitative estimate of drug-likeness (QED) is 0.630. The molecule has 0 amide bonds. The predicted molar refractivity (Wildman–Crippen MR) is 81.0 cm³/mol. The van der Waals surface area contributed by atoms with Gasteiger partial charge in [0.05, 0.1) is 11.0 Å². The first kappa shape index (κ1) is 17.2. The molecule has 4 nitrogen and oxygen atoms in total. The number of hydrogen-bond acceptors (Lipinski definition) is 4. The Labute approximate surface area is 126 Å². The Morgan fingerprint density at radius 1 is 0.952 bits per heavy atom. The summed E-state index contributed by atoms with van der Waals surface area (Å²) in [5.74, 6) is -0.887. The van der Waals surface area contributed by atoms with Crippen molar-refractivity contribution in [3.63, 3.8) is 0 Å². The summed E-state index contributed by atoms with van der Waals surface area (Å²) in [6, 6.07) is 7.29. The summed E-state index contributed by atoms with van der Waals surface area (Å²) in [6.45, 7) is 10.9. The summed E-state index contributed by atoms with van der Waals surface area (Å²) < 4.78 is 9.99. The summed E-state index contributed by atoms with van der Waals surface area (Å²) >= 11 is 0. The molecule has 4 heteroatoms. The van der Waals surface area contributed by atoms with Crippen LogP contribution in [0, 0.1) is 5.41 Å². The van der Waals surface area contributed by atoms with Gasteiger partial charge < -0.3 is 9.47 Å². The third-order valence-electron chi connectivity index (χ3n) is 2.95. The van der Waals surface area contributed by atoms with Crippen LogP contribution in [0.2, 0.25) is 0 Å². The molecule has 0 fully saturated rings. The van der Waals surface area contributed by atoms with Crippen molar-refractivity contribution in [2.24, 2.45) is 5.41 Å². The van der Waals surface area contributed by atoms with Gasteiger partial charge in [0.2, 0.25) is 6.79 Å². The molecule has 1 aromatic rings. The Balaban J connectivity index is 2.72. The molecule has 0 aliphatic carbocycles. The zero-order chi connectivity index (χ0) is 16.3. The largest absolute Gasteiger partial charge is 0.427 e. The van der Waals surface area contributed by atoms with E-state index in [9.17, 15) is 9.59 Å². The Bertz CT molecular complexity index is 518. The molecule has 0 aliphatic heterocycles. The molecule has 0 unspecified atom stereocenters. The molecule has 1 rings (SSSR count). The van der Waals surface area contributed by atoms with Gasteiger partial charge in [-0.15, -0.1) is 0 Å². The molecule has 0 radical (unpaired) electrons. The average molecular weight is 292 g/mol. The maximum absolute atomic E-state index is 12.1. The third-order valence-corrected chi connectivity index (χ3v) is 2.95. The van der Waals surface area contributed by atoms with Gasteiger partial charge in [0.1, 0.15) is 0 Å². The highest BCUT2D eigenvalue weighted by molar-refractivity contribution is 5.91. The first-order valence-electron chi connectivity index (χ1n) is 6.97. The van der Waals surface area contributed by atoms with Gasteiger partial charge in [0.15, 0.2) is 0 Å². The lowest BCUT2D eigenvalue weighted by molar-refractivity contribution is -0.161. The van der Waals surface area contributed by atoms with Crippen LogP contribution in [0.5, 0.6) is 0 Å². The van der Waals surface area contributed by atoms with Crippen LogP contribution in [0.15, 0.2) is 24.3 Å². The highest BCUT2D eigenvalue weighted by Gasteiger charge is 2.25. The van der Waals surface area contributed by atoms with Crippen LogP contribution >= 0.6 is 0 Å². The predicted octanol–water partition coefficient (Wildman–Crippen LogP) is 3.69. The van der Waals surface area contributed by atoms with Gasteiger partial charge in [0.25, 0.3) is 0 Å². The molecule has 0 atom stereocenters. The van der Waals surface area contributed by atoms with E-state index in [0.717, 1.165) is 5.56 Å². The number of hydrogen-bond donors (Lipinski definition) is 0. The van der Waals surface area contributed by atoms with Crippen molar-refractivity contribution in [1.29, 1.82) is 0 Å². The van der Waals surface area contributed by atoms with Crippen molar-refractivity contribution in [2.75, 3.05) is 6.79 Å². The fourth-order valence-electron chi connectivity index (χ4n) is 1.75. The fourth-order valence-corrected chi connectivity index (χ4v) is 1.75. The molecule has 0 aliphatic rings. The maximum Gasteiger partial charge on any atom is 0.341 e. The van der Waals surface area contributed by atoms with Crippen molar-refractivity contribution in [1.82, 2.24) is 0 Å². The zero-order valence-electron chi connectivity index (χ0n) is 13.6. The second-order valence-electron chi connectivity index (χ2n) is 7.03. The Hall–Kier alpha value is -1.84. The number of esters is 2. The minimum atomic E-state index is -0.615. The van der Waals surface area contributed by atoms with Gasteiger partial charge in [-0.3, -0.25) is 4.79 Å². The van der Waals surface area contributed by atoms with E-state index < -0.39 is 17.4 Å². The smallest absolute Gasteiger partial charge is 0.341 e. The standard InChI is InChI=1S/C17H24O4/c1-16(2,3)13-10-8-7-9-12(13)14(18)20-11-21-15(19)17(4,5)6/h7-10H,11H2,1-6H3. The van der Waals surface area contributed by atoms with Crippen LogP contribution in [0.25, 0.3) is 0 Å². The molecule has 116 valence electrons. The summed E-state index contributed by atoms with van der Waals surface area (Å²) in [4.78, 5) is 23.7. The van der Waals surface area contributed by atoms with Crippen molar-refractivity contribution in [3.8, 4) is 0 Å². The van der Waals surface area contributed by atoms with Crippen molar-refractivity contribution >= 4 is 11.9 Å². The zero-order valence-corrected chi connectivity index (χ0v) is 13.6. The third kappa shape index (κ3) is 4.88. The van der Waals surface area contributed by atoms with Gasteiger partial charge in [-0.2, -0.15) is 0 Å². The lowest BCUT2D eigenvalue weighted by Gasteiger charge is -2.22. The molecule has 0 heterocycles. The van der Waals surface area contributed by atoms with E-state index in [2.05, 4.69) is 0 Å². The molecule has 0 saturated heterocycles. The molecule has 1 aromatic carbocycles. The first-order valence-corrected chi connectivity index (χ1v) is 6.97. The van der Waals surface area contributed by atoms with Crippen LogP contribution in [0.3, 0.4) is 0 Å². The number of carbonyl (C=O) groups is 2. The van der Waals surface area contributed by atoms with Gasteiger partial charge in [0, 0.05) is 0 Å². The average Bonchev–Trinajstić information content (AvgIpc) is 2.36. The van der Waals surface area contributed by atoms with E-state index >= 15 is 0 Å². The maximum atomic E-state index is 12.1. The molecular formula is C17H24O4. The lowest BCUT2D eigenvalue weighted by atomic mass is 9.84. The minimum absolute atomic E-state index is 0.169. The first-order chi connectivity index (χ1) is 9.53. The molecule has 0 spiro atoms. The van der Waals surface area contributed by atoms with Gasteiger partial charge in [-0.25, -0.2) is 4.79 Å². The van der Waals surface area contributed by atoms with E-state index in [-0.39, 0.29) is 12.2 Å². The van der Waals surface area contributed by atoms with E-state index in [0.29, 0.717) is 5.56 Å². The van der Waals surface area contributed by atoms with Crippen LogP contribution in [-0.4, -0.2) is 18.7 Å². The summed E-state index contributed by atoms with van der Waals surface area (Å²) in [5.41, 5.74) is 0.613. The van der Waals surface area contributed by atoms with E-state index in [1.54, 1.807) is 32.9 Å². The monoisotopic (exact) mass is 292 g/mol. The van der Waals surface area contributed by atoms with Gasteiger partial charge in [-0.05, 0) is 37.8 Å². The molecule has 0 N–H and O–H groups in total. The second-order valence-corrected chi connectivity index (χ2v) is 7.03. The number of carbonyl (C=O) groups excluding carboxylic acids is 2. The van der Waals surface area contributed by atoms with Crippen LogP contribution in [0.4, 0.5) is 0 Å². The van der Waals surface area contributed by atoms with Crippen molar-refractivity contribution in [3.05, 3.63) is 35.4 Å². The Kier molecular flexibility index (Phi) is 5.15. The van der Waals surface area contributed by atoms with Crippen LogP contribution in [0.1, 0.15) is 57.5 Å². The van der Waals surface area contributed by atoms with Crippen LogP contribution < -0.4 is 0 Å². The van der Waals surface area contributed by atoms with E-state index in [1.165, 1.54) is 0 Å². The Morgan fingerprint density at radius 3 is 2.05 bits per heavy atom. The lowest BCUT2D eigenvalue weighted by Crippen LogP contribution is -2.25. The highest BCUT2D eigenvalue weighted by atomic mass is 16.7. The SMILES string of the molecule is CC(C)(C)C(=O)OCOC(=O)c1ccccc1C(C)(C)C. The number of rotatable bonds is 3. The summed E-state index contributed by atoms with van der Waals surface area (Å²) in [5, 5.41) is 0. The normalized spacial score (nSPS) is 11.9. The molecule has 0 bridgehead atoms. The van der Waals surface area contributed by atoms with Crippen LogP contribution in [-0.2, 0) is 19.7 Å². The molecule has 0 aromatic heterocycles. The van der Waals surface area contributed by atoms with E-state index in [1.807, 2.05) is 32.9 Å². The number of benzene rings is 1. The van der Waals surface area contributed by atoms with Gasteiger partial charge in [-0.1, -0.05) is 39.0 Å². The summed E-state index contributed by atoms with van der Waals surface area (Å²) in [6.07, 6.45) is 0. The molecule has 0 saturated carbocycles. The molecule has 21 heavy (non-hydrogen) atoms. The second kappa shape index (κ2) is 6.29. The summed E-state index contributed by atoms with van der Waals surface area (Å²) in [7, 11) is 0. The topological polar surface area (TPSA) is 52.6 Å². The molecular weight excluding hydrogens is 268 g/mol. The van der Waals surface area contributed by atoms with Crippen molar-refractivity contribution < 1.29 is 19.1 Å².